The second-order valence-electron chi connectivity index (χ2n) is 4.51. The highest BCUT2D eigenvalue weighted by Crippen LogP contribution is 2.12. The molecule has 0 aromatic heterocycles. The van der Waals surface area contributed by atoms with Crippen molar-refractivity contribution in [2.24, 2.45) is 11.5 Å². The summed E-state index contributed by atoms with van der Waals surface area (Å²) in [5, 5.41) is 2.82. The summed E-state index contributed by atoms with van der Waals surface area (Å²) in [6.45, 7) is 3.25. The average molecular weight is 253 g/mol. The number of hydrogen-bond acceptors (Lipinski definition) is 3. The minimum Gasteiger partial charge on any atom is -0.368 e. The van der Waals surface area contributed by atoms with E-state index in [2.05, 4.69) is 5.32 Å². The van der Waals surface area contributed by atoms with Crippen LogP contribution in [0.4, 0.5) is 4.39 Å². The van der Waals surface area contributed by atoms with Gasteiger partial charge in [0.25, 0.3) is 0 Å². The summed E-state index contributed by atoms with van der Waals surface area (Å²) in [5.41, 5.74) is 9.79. The zero-order valence-corrected chi connectivity index (χ0v) is 10.3. The Morgan fingerprint density at radius 3 is 2.44 bits per heavy atom. The van der Waals surface area contributed by atoms with Crippen molar-refractivity contribution in [1.29, 1.82) is 0 Å². The van der Waals surface area contributed by atoms with E-state index in [0.29, 0.717) is 0 Å². The lowest BCUT2D eigenvalue weighted by Crippen LogP contribution is -2.50. The second kappa shape index (κ2) is 5.14. The number of halogens is 1. The first kappa shape index (κ1) is 14.1. The molecule has 5 N–H and O–H groups in total. The predicted molar refractivity (Wildman–Crippen MR) is 65.0 cm³/mol. The molecule has 0 fully saturated rings. The summed E-state index contributed by atoms with van der Waals surface area (Å²) in [5.74, 6) is -1.66. The van der Waals surface area contributed by atoms with E-state index in [1.165, 1.54) is 12.1 Å². The molecule has 0 saturated heterocycles. The molecule has 0 aliphatic carbocycles. The van der Waals surface area contributed by atoms with Crippen LogP contribution in [0.3, 0.4) is 0 Å². The van der Waals surface area contributed by atoms with Gasteiger partial charge in [0.05, 0.1) is 5.54 Å². The molecule has 0 unspecified atom stereocenters. The van der Waals surface area contributed by atoms with E-state index in [9.17, 15) is 14.0 Å². The first-order chi connectivity index (χ1) is 8.24. The third-order valence-corrected chi connectivity index (χ3v) is 2.67. The minimum absolute atomic E-state index is 0.0723. The first-order valence-corrected chi connectivity index (χ1v) is 5.37. The van der Waals surface area contributed by atoms with Crippen LogP contribution in [0.2, 0.25) is 0 Å². The molecule has 98 valence electrons. The van der Waals surface area contributed by atoms with E-state index in [1.807, 2.05) is 0 Å². The summed E-state index contributed by atoms with van der Waals surface area (Å²) in [4.78, 5) is 22.1. The number of nitrogens with two attached hydrogens (primary N) is 2. The maximum Gasteiger partial charge on any atom is 0.248 e. The van der Waals surface area contributed by atoms with Crippen LogP contribution in [0.25, 0.3) is 0 Å². The Balaban J connectivity index is 2.88. The van der Waals surface area contributed by atoms with Gasteiger partial charge in [-0.1, -0.05) is 0 Å². The highest BCUT2D eigenvalue weighted by Gasteiger charge is 2.24. The van der Waals surface area contributed by atoms with Crippen molar-refractivity contribution in [2.45, 2.75) is 25.9 Å². The lowest BCUT2D eigenvalue weighted by atomic mass is 10.0. The lowest BCUT2D eigenvalue weighted by Gasteiger charge is -2.22. The van der Waals surface area contributed by atoms with Crippen molar-refractivity contribution >= 4 is 11.8 Å². The molecule has 18 heavy (non-hydrogen) atoms. The van der Waals surface area contributed by atoms with Gasteiger partial charge in [0.2, 0.25) is 11.8 Å². The van der Waals surface area contributed by atoms with Gasteiger partial charge < -0.3 is 11.5 Å². The van der Waals surface area contributed by atoms with E-state index in [4.69, 9.17) is 11.5 Å². The van der Waals surface area contributed by atoms with Crippen molar-refractivity contribution in [3.8, 4) is 0 Å². The van der Waals surface area contributed by atoms with Crippen molar-refractivity contribution in [2.75, 3.05) is 0 Å². The van der Waals surface area contributed by atoms with Crippen molar-refractivity contribution in [3.63, 3.8) is 0 Å². The molecule has 5 nitrogen and oxygen atoms in total. The maximum absolute atomic E-state index is 13.5. The van der Waals surface area contributed by atoms with Gasteiger partial charge in [-0.05, 0) is 32.0 Å². The van der Waals surface area contributed by atoms with E-state index in [-0.39, 0.29) is 17.7 Å². The molecular weight excluding hydrogens is 237 g/mol. The van der Waals surface area contributed by atoms with E-state index in [1.54, 1.807) is 13.8 Å². The summed E-state index contributed by atoms with van der Waals surface area (Å²) in [6, 6.07) is 3.82. The van der Waals surface area contributed by atoms with Gasteiger partial charge in [-0.15, -0.1) is 0 Å². The number of carbonyl (C=O) groups is 2. The van der Waals surface area contributed by atoms with E-state index >= 15 is 0 Å². The zero-order valence-electron chi connectivity index (χ0n) is 10.3. The summed E-state index contributed by atoms with van der Waals surface area (Å²) >= 11 is 0. The molecule has 0 spiro atoms. The number of primary amides is 2. The van der Waals surface area contributed by atoms with Crippen LogP contribution in [0.1, 0.15) is 29.8 Å². The molecule has 1 aromatic rings. The number of rotatable bonds is 5. The third kappa shape index (κ3) is 3.27. The third-order valence-electron chi connectivity index (χ3n) is 2.67. The molecule has 0 bridgehead atoms. The fourth-order valence-electron chi connectivity index (χ4n) is 1.27. The fraction of sp³-hybridized carbons (Fsp3) is 0.333. The van der Waals surface area contributed by atoms with Crippen LogP contribution < -0.4 is 16.8 Å². The van der Waals surface area contributed by atoms with Crippen molar-refractivity contribution in [3.05, 3.63) is 35.1 Å². The Labute approximate surface area is 104 Å². The number of hydrogen-bond donors (Lipinski definition) is 3. The topological polar surface area (TPSA) is 98.2 Å². The molecular formula is C12H16FN3O2. The molecule has 1 aromatic carbocycles. The SMILES string of the molecule is CC(C)(NCc1cc(C(N)=O)ccc1F)C(N)=O. The standard InChI is InChI=1S/C12H16FN3O2/c1-12(2,11(15)18)16-6-8-5-7(10(14)17)3-4-9(8)13/h3-5,16H,6H2,1-2H3,(H2,14,17)(H2,15,18). The molecule has 6 heteroatoms. The average Bonchev–Trinajstić information content (AvgIpc) is 2.27. The zero-order chi connectivity index (χ0) is 13.9. The van der Waals surface area contributed by atoms with Crippen LogP contribution in [-0.4, -0.2) is 17.4 Å². The van der Waals surface area contributed by atoms with E-state index in [0.717, 1.165) is 6.07 Å². The molecule has 2 amide bonds. The van der Waals surface area contributed by atoms with Crippen LogP contribution >= 0.6 is 0 Å². The Morgan fingerprint density at radius 2 is 1.94 bits per heavy atom. The molecule has 0 aliphatic heterocycles. The van der Waals surface area contributed by atoms with Crippen LogP contribution in [-0.2, 0) is 11.3 Å². The van der Waals surface area contributed by atoms with Gasteiger partial charge in [-0.25, -0.2) is 4.39 Å². The molecule has 0 aliphatic rings. The first-order valence-electron chi connectivity index (χ1n) is 5.37. The Morgan fingerprint density at radius 1 is 1.33 bits per heavy atom. The normalized spacial score (nSPS) is 11.3. The fourth-order valence-corrected chi connectivity index (χ4v) is 1.27. The summed E-state index contributed by atoms with van der Waals surface area (Å²) < 4.78 is 13.5. The molecule has 0 atom stereocenters. The maximum atomic E-state index is 13.5. The molecule has 1 rings (SSSR count). The number of amides is 2. The summed E-state index contributed by atoms with van der Waals surface area (Å²) in [6.07, 6.45) is 0. The van der Waals surface area contributed by atoms with E-state index < -0.39 is 23.2 Å². The molecule has 0 heterocycles. The molecule has 0 radical (unpaired) electrons. The second-order valence-corrected chi connectivity index (χ2v) is 4.51. The number of carbonyl (C=O) groups excluding carboxylic acids is 2. The quantitative estimate of drug-likeness (QED) is 0.702. The lowest BCUT2D eigenvalue weighted by molar-refractivity contribution is -0.123. The minimum atomic E-state index is -0.963. The van der Waals surface area contributed by atoms with Crippen molar-refractivity contribution in [1.82, 2.24) is 5.32 Å². The van der Waals surface area contributed by atoms with Gasteiger partial charge >= 0.3 is 0 Å². The largest absolute Gasteiger partial charge is 0.368 e. The van der Waals surface area contributed by atoms with Crippen LogP contribution in [0.5, 0.6) is 0 Å². The monoisotopic (exact) mass is 253 g/mol. The van der Waals surface area contributed by atoms with Gasteiger partial charge in [0, 0.05) is 17.7 Å². The highest BCUT2D eigenvalue weighted by molar-refractivity contribution is 5.92. The van der Waals surface area contributed by atoms with Crippen molar-refractivity contribution < 1.29 is 14.0 Å². The van der Waals surface area contributed by atoms with Gasteiger partial charge in [-0.2, -0.15) is 0 Å². The number of benzene rings is 1. The Hall–Kier alpha value is -1.95. The number of nitrogens with one attached hydrogen (secondary N) is 1. The van der Waals surface area contributed by atoms with Crippen LogP contribution in [0, 0.1) is 5.82 Å². The Kier molecular flexibility index (Phi) is 4.03. The van der Waals surface area contributed by atoms with Gasteiger partial charge in [-0.3, -0.25) is 14.9 Å². The highest BCUT2D eigenvalue weighted by atomic mass is 19.1. The van der Waals surface area contributed by atoms with Gasteiger partial charge in [0.15, 0.2) is 0 Å². The predicted octanol–water partition coefficient (Wildman–Crippen LogP) is 0.278. The summed E-state index contributed by atoms with van der Waals surface area (Å²) in [7, 11) is 0. The smallest absolute Gasteiger partial charge is 0.248 e. The van der Waals surface area contributed by atoms with Gasteiger partial charge in [0.1, 0.15) is 5.82 Å². The van der Waals surface area contributed by atoms with Crippen LogP contribution in [0.15, 0.2) is 18.2 Å². The Bertz CT molecular complexity index is 486. The molecule has 0 saturated carbocycles.